The Hall–Kier alpha value is -4.21. The molecule has 1 atom stereocenters. The van der Waals surface area contributed by atoms with Crippen molar-refractivity contribution >= 4 is 41.0 Å². The number of ether oxygens (including phenoxy) is 2. The molecule has 1 aliphatic rings. The number of hydrogen-bond donors (Lipinski definition) is 0. The zero-order chi connectivity index (χ0) is 28.4. The second-order valence-corrected chi connectivity index (χ2v) is 10.2. The van der Waals surface area contributed by atoms with Gasteiger partial charge in [0, 0.05) is 16.7 Å². The molecule has 8 nitrogen and oxygen atoms in total. The average molecular weight is 577 g/mol. The highest BCUT2D eigenvalue weighted by molar-refractivity contribution is 7.07. The van der Waals surface area contributed by atoms with E-state index in [1.807, 2.05) is 6.07 Å². The van der Waals surface area contributed by atoms with Gasteiger partial charge in [-0.2, -0.15) is 0 Å². The SMILES string of the molecule is CCOC(=O)C1=C(C)N=c2s/c(=C\c3ccc(-c4cccc(C(=O)OCC)c4)o3)c(=O)n2[C@@H]1c1ccccc1Cl. The molecule has 2 aromatic carbocycles. The number of aromatic nitrogens is 1. The molecule has 0 spiro atoms. The smallest absolute Gasteiger partial charge is 0.338 e. The molecule has 1 aliphatic heterocycles. The van der Waals surface area contributed by atoms with Crippen molar-refractivity contribution in [1.82, 2.24) is 4.57 Å². The number of nitrogens with zero attached hydrogens (tertiary/aromatic N) is 2. The number of thiazole rings is 1. The lowest BCUT2D eigenvalue weighted by Gasteiger charge is -2.25. The molecular weight excluding hydrogens is 552 g/mol. The van der Waals surface area contributed by atoms with Gasteiger partial charge >= 0.3 is 11.9 Å². The zero-order valence-corrected chi connectivity index (χ0v) is 23.5. The average Bonchev–Trinajstić information content (AvgIpc) is 3.53. The van der Waals surface area contributed by atoms with Crippen LogP contribution in [0.25, 0.3) is 17.4 Å². The van der Waals surface area contributed by atoms with Gasteiger partial charge in [-0.1, -0.05) is 53.3 Å². The third kappa shape index (κ3) is 5.17. The molecule has 0 unspecified atom stereocenters. The fourth-order valence-corrected chi connectivity index (χ4v) is 5.78. The molecule has 0 bridgehead atoms. The Morgan fingerprint density at radius 1 is 1.05 bits per heavy atom. The number of hydrogen-bond acceptors (Lipinski definition) is 8. The van der Waals surface area contributed by atoms with Crippen LogP contribution in [0.5, 0.6) is 0 Å². The summed E-state index contributed by atoms with van der Waals surface area (Å²) in [4.78, 5) is 43.9. The highest BCUT2D eigenvalue weighted by atomic mass is 35.5. The molecule has 10 heteroatoms. The lowest BCUT2D eigenvalue weighted by Crippen LogP contribution is -2.40. The van der Waals surface area contributed by atoms with E-state index in [1.54, 1.807) is 81.4 Å². The summed E-state index contributed by atoms with van der Waals surface area (Å²) in [6.07, 6.45) is 1.63. The molecule has 4 aromatic rings. The third-order valence-corrected chi connectivity index (χ3v) is 7.60. The largest absolute Gasteiger partial charge is 0.463 e. The highest BCUT2D eigenvalue weighted by Gasteiger charge is 2.34. The molecule has 3 heterocycles. The first-order valence-corrected chi connectivity index (χ1v) is 13.8. The maximum atomic E-state index is 13.8. The fourth-order valence-electron chi connectivity index (χ4n) is 4.51. The summed E-state index contributed by atoms with van der Waals surface area (Å²) in [5, 5.41) is 0.416. The Kier molecular flexibility index (Phi) is 7.86. The summed E-state index contributed by atoms with van der Waals surface area (Å²) in [7, 11) is 0. The van der Waals surface area contributed by atoms with Crippen molar-refractivity contribution in [2.75, 3.05) is 13.2 Å². The first-order chi connectivity index (χ1) is 19.3. The van der Waals surface area contributed by atoms with Crippen LogP contribution in [0.15, 0.2) is 86.1 Å². The van der Waals surface area contributed by atoms with Gasteiger partial charge in [0.2, 0.25) is 0 Å². The molecule has 40 heavy (non-hydrogen) atoms. The lowest BCUT2D eigenvalue weighted by molar-refractivity contribution is -0.139. The van der Waals surface area contributed by atoms with E-state index in [2.05, 4.69) is 4.99 Å². The van der Waals surface area contributed by atoms with Crippen LogP contribution < -0.4 is 14.9 Å². The summed E-state index contributed by atoms with van der Waals surface area (Å²) in [6, 6.07) is 16.7. The first kappa shape index (κ1) is 27.4. The van der Waals surface area contributed by atoms with Gasteiger partial charge in [0.25, 0.3) is 5.56 Å². The Bertz CT molecular complexity index is 1830. The molecular formula is C30H25ClN2O6S. The van der Waals surface area contributed by atoms with E-state index in [9.17, 15) is 14.4 Å². The monoisotopic (exact) mass is 576 g/mol. The van der Waals surface area contributed by atoms with Crippen LogP contribution in [0.3, 0.4) is 0 Å². The molecule has 0 radical (unpaired) electrons. The normalized spacial score (nSPS) is 15.0. The molecule has 0 amide bonds. The number of halogens is 1. The van der Waals surface area contributed by atoms with Gasteiger partial charge < -0.3 is 13.9 Å². The van der Waals surface area contributed by atoms with E-state index in [1.165, 1.54) is 15.9 Å². The molecule has 0 N–H and O–H groups in total. The molecule has 2 aromatic heterocycles. The first-order valence-electron chi connectivity index (χ1n) is 12.6. The molecule has 0 saturated carbocycles. The summed E-state index contributed by atoms with van der Waals surface area (Å²) in [6.45, 7) is 5.65. The number of esters is 2. The van der Waals surface area contributed by atoms with Crippen LogP contribution in [0.2, 0.25) is 5.02 Å². The standard InChI is InChI=1S/C30H25ClN2O6S/c1-4-37-28(35)19-10-8-9-18(15-19)23-14-13-20(39-23)16-24-27(34)33-26(21-11-6-7-12-22(21)31)25(29(36)38-5-2)17(3)32-30(33)40-24/h6-16,26H,4-5H2,1-3H3/b24-16-/t26-/m1/s1. The van der Waals surface area contributed by atoms with Gasteiger partial charge in [0.05, 0.1) is 34.6 Å². The zero-order valence-electron chi connectivity index (χ0n) is 22.0. The van der Waals surface area contributed by atoms with E-state index in [0.717, 1.165) is 0 Å². The third-order valence-electron chi connectivity index (χ3n) is 6.28. The van der Waals surface area contributed by atoms with Crippen molar-refractivity contribution in [3.63, 3.8) is 0 Å². The summed E-state index contributed by atoms with van der Waals surface area (Å²) < 4.78 is 18.3. The number of carbonyl (C=O) groups is 2. The van der Waals surface area contributed by atoms with E-state index in [4.69, 9.17) is 25.5 Å². The minimum absolute atomic E-state index is 0.179. The van der Waals surface area contributed by atoms with Crippen LogP contribution in [0, 0.1) is 0 Å². The Balaban J connectivity index is 1.59. The van der Waals surface area contributed by atoms with Crippen LogP contribution in [0.4, 0.5) is 0 Å². The van der Waals surface area contributed by atoms with Gasteiger partial charge in [0.15, 0.2) is 4.80 Å². The number of benzene rings is 2. The van der Waals surface area contributed by atoms with Gasteiger partial charge in [-0.15, -0.1) is 0 Å². The van der Waals surface area contributed by atoms with E-state index in [0.29, 0.717) is 48.3 Å². The van der Waals surface area contributed by atoms with Crippen LogP contribution >= 0.6 is 22.9 Å². The van der Waals surface area contributed by atoms with Crippen molar-refractivity contribution in [3.05, 3.63) is 114 Å². The predicted molar refractivity (Wildman–Crippen MR) is 152 cm³/mol. The van der Waals surface area contributed by atoms with Crippen molar-refractivity contribution < 1.29 is 23.5 Å². The number of rotatable bonds is 7. The topological polar surface area (TPSA) is 100 Å². The Labute approximate surface area is 238 Å². The minimum atomic E-state index is -0.802. The Morgan fingerprint density at radius 3 is 2.55 bits per heavy atom. The van der Waals surface area contributed by atoms with Crippen molar-refractivity contribution in [2.24, 2.45) is 4.99 Å². The second kappa shape index (κ2) is 11.5. The highest BCUT2D eigenvalue weighted by Crippen LogP contribution is 2.34. The maximum Gasteiger partial charge on any atom is 0.338 e. The predicted octanol–water partition coefficient (Wildman–Crippen LogP) is 4.89. The second-order valence-electron chi connectivity index (χ2n) is 8.83. The number of allylic oxidation sites excluding steroid dienone is 1. The minimum Gasteiger partial charge on any atom is -0.463 e. The number of carbonyl (C=O) groups excluding carboxylic acids is 2. The summed E-state index contributed by atoms with van der Waals surface area (Å²) in [5.41, 5.74) is 2.08. The van der Waals surface area contributed by atoms with Gasteiger partial charge in [0.1, 0.15) is 17.6 Å². The number of fused-ring (bicyclic) bond motifs is 1. The van der Waals surface area contributed by atoms with Gasteiger partial charge in [-0.05, 0) is 56.7 Å². The van der Waals surface area contributed by atoms with E-state index >= 15 is 0 Å². The van der Waals surface area contributed by atoms with E-state index in [-0.39, 0.29) is 24.3 Å². The fraction of sp³-hybridized carbons (Fsp3) is 0.200. The van der Waals surface area contributed by atoms with E-state index < -0.39 is 18.0 Å². The van der Waals surface area contributed by atoms with Crippen LogP contribution in [-0.4, -0.2) is 29.7 Å². The summed E-state index contributed by atoms with van der Waals surface area (Å²) in [5.74, 6) is 0.00320. The van der Waals surface area contributed by atoms with Gasteiger partial charge in [-0.3, -0.25) is 9.36 Å². The quantitative estimate of drug-likeness (QED) is 0.291. The van der Waals surface area contributed by atoms with Crippen LogP contribution in [0.1, 0.15) is 48.5 Å². The lowest BCUT2D eigenvalue weighted by atomic mass is 9.96. The molecule has 0 aliphatic carbocycles. The molecule has 0 fully saturated rings. The van der Waals surface area contributed by atoms with Crippen LogP contribution in [-0.2, 0) is 14.3 Å². The molecule has 5 rings (SSSR count). The summed E-state index contributed by atoms with van der Waals surface area (Å²) >= 11 is 7.73. The van der Waals surface area contributed by atoms with Gasteiger partial charge in [-0.25, -0.2) is 14.6 Å². The van der Waals surface area contributed by atoms with Crippen molar-refractivity contribution in [3.8, 4) is 11.3 Å². The van der Waals surface area contributed by atoms with Crippen molar-refractivity contribution in [2.45, 2.75) is 26.8 Å². The molecule has 204 valence electrons. The molecule has 0 saturated heterocycles. The van der Waals surface area contributed by atoms with Crippen molar-refractivity contribution in [1.29, 1.82) is 0 Å². The Morgan fingerprint density at radius 2 is 1.80 bits per heavy atom. The number of furan rings is 1. The maximum absolute atomic E-state index is 13.8.